The summed E-state index contributed by atoms with van der Waals surface area (Å²) in [6, 6.07) is 5.79. The molecule has 0 radical (unpaired) electrons. The number of halogens is 2. The van der Waals surface area contributed by atoms with Gasteiger partial charge in [0.1, 0.15) is 6.10 Å². The second-order valence-electron chi connectivity index (χ2n) is 7.24. The Morgan fingerprint density at radius 3 is 2.44 bits per heavy atom. The summed E-state index contributed by atoms with van der Waals surface area (Å²) in [4.78, 5) is 9.45. The Bertz CT molecular complexity index is 983. The predicted molar refractivity (Wildman–Crippen MR) is 108 cm³/mol. The van der Waals surface area contributed by atoms with Crippen LogP contribution in [-0.2, 0) is 4.74 Å². The van der Waals surface area contributed by atoms with Crippen molar-refractivity contribution >= 4 is 22.6 Å². The molecule has 2 atom stereocenters. The highest BCUT2D eigenvalue weighted by molar-refractivity contribution is 6.33. The van der Waals surface area contributed by atoms with Crippen LogP contribution >= 0.6 is 11.6 Å². The zero-order chi connectivity index (χ0) is 19.9. The summed E-state index contributed by atoms with van der Waals surface area (Å²) >= 11 is 6.55. The van der Waals surface area contributed by atoms with E-state index in [4.69, 9.17) is 21.3 Å². The maximum Gasteiger partial charge on any atom is 0.202 e. The lowest BCUT2D eigenvalue weighted by Gasteiger charge is -2.18. The fourth-order valence-electron chi connectivity index (χ4n) is 3.19. The van der Waals surface area contributed by atoms with Gasteiger partial charge in [0, 0.05) is 30.3 Å². The van der Waals surface area contributed by atoms with Crippen molar-refractivity contribution < 1.29 is 9.13 Å². The number of hydrogen-bond acceptors (Lipinski definition) is 3. The summed E-state index contributed by atoms with van der Waals surface area (Å²) in [6.45, 7) is 9.79. The van der Waals surface area contributed by atoms with Gasteiger partial charge >= 0.3 is 0 Å². The van der Waals surface area contributed by atoms with Crippen LogP contribution in [0.25, 0.3) is 22.3 Å². The smallest absolute Gasteiger partial charge is 0.202 e. The number of pyridine rings is 2. The molecule has 3 rings (SSSR count). The van der Waals surface area contributed by atoms with E-state index in [1.807, 2.05) is 26.0 Å². The van der Waals surface area contributed by atoms with Gasteiger partial charge in [-0.15, -0.1) is 0 Å². The standard InChI is InChI=1S/C21H25ClFN3O/c1-11(2)17-8-7-15(13(4)24-17)20-16(22)9-18-19(25-20)12(3)10-26(18)21(23)14(5)27-6/h7-11,14,21H,1-6H3/t14?,21-/m0/s1. The van der Waals surface area contributed by atoms with E-state index in [0.29, 0.717) is 22.2 Å². The normalized spacial score (nSPS) is 14.1. The highest BCUT2D eigenvalue weighted by Crippen LogP contribution is 2.35. The fourth-order valence-corrected chi connectivity index (χ4v) is 3.44. The van der Waals surface area contributed by atoms with E-state index in [1.165, 1.54) is 11.7 Å². The molecule has 0 aliphatic carbocycles. The maximum atomic E-state index is 14.8. The Morgan fingerprint density at radius 2 is 1.85 bits per heavy atom. The second kappa shape index (κ2) is 7.56. The maximum absolute atomic E-state index is 14.8. The molecule has 144 valence electrons. The molecule has 1 unspecified atom stereocenters. The van der Waals surface area contributed by atoms with Gasteiger partial charge in [-0.3, -0.25) is 4.98 Å². The zero-order valence-corrected chi connectivity index (χ0v) is 17.3. The first-order valence-electron chi connectivity index (χ1n) is 9.07. The first-order valence-corrected chi connectivity index (χ1v) is 9.44. The number of alkyl halides is 1. The van der Waals surface area contributed by atoms with E-state index in [9.17, 15) is 4.39 Å². The lowest BCUT2D eigenvalue weighted by molar-refractivity contribution is 0.0130. The van der Waals surface area contributed by atoms with E-state index in [-0.39, 0.29) is 0 Å². The van der Waals surface area contributed by atoms with Crippen molar-refractivity contribution in [3.8, 4) is 11.3 Å². The molecule has 0 saturated carbocycles. The lowest BCUT2D eigenvalue weighted by Crippen LogP contribution is -2.18. The fraction of sp³-hybridized carbons (Fsp3) is 0.429. The molecule has 0 aliphatic rings. The van der Waals surface area contributed by atoms with Crippen molar-refractivity contribution in [1.29, 1.82) is 0 Å². The molecule has 3 aromatic heterocycles. The molecule has 3 aromatic rings. The van der Waals surface area contributed by atoms with Crippen LogP contribution in [0.5, 0.6) is 0 Å². The molecule has 0 amide bonds. The number of ether oxygens (including phenoxy) is 1. The third kappa shape index (κ3) is 3.58. The highest BCUT2D eigenvalue weighted by atomic mass is 35.5. The molecule has 0 saturated heterocycles. The quantitative estimate of drug-likeness (QED) is 0.537. The van der Waals surface area contributed by atoms with Gasteiger partial charge in [-0.1, -0.05) is 25.4 Å². The van der Waals surface area contributed by atoms with Crippen LogP contribution in [0.1, 0.15) is 49.9 Å². The van der Waals surface area contributed by atoms with Crippen LogP contribution in [0.3, 0.4) is 0 Å². The SMILES string of the molecule is COC(C)[C@@H](F)n1cc(C)c2nc(-c3ccc(C(C)C)nc3C)c(Cl)cc21. The number of aromatic nitrogens is 3. The van der Waals surface area contributed by atoms with Crippen LogP contribution in [0.4, 0.5) is 4.39 Å². The third-order valence-corrected chi connectivity index (χ3v) is 5.21. The molecule has 0 spiro atoms. The summed E-state index contributed by atoms with van der Waals surface area (Å²) < 4.78 is 21.4. The Balaban J connectivity index is 2.15. The largest absolute Gasteiger partial charge is 0.377 e. The summed E-state index contributed by atoms with van der Waals surface area (Å²) in [6.07, 6.45) is -0.137. The van der Waals surface area contributed by atoms with E-state index in [1.54, 1.807) is 19.2 Å². The minimum atomic E-state index is -1.32. The molecule has 0 N–H and O–H groups in total. The second-order valence-corrected chi connectivity index (χ2v) is 7.65. The molecule has 3 heterocycles. The molecule has 0 fully saturated rings. The van der Waals surface area contributed by atoms with Crippen molar-refractivity contribution in [2.75, 3.05) is 7.11 Å². The van der Waals surface area contributed by atoms with E-state index in [0.717, 1.165) is 28.0 Å². The zero-order valence-electron chi connectivity index (χ0n) is 16.5. The molecular weight excluding hydrogens is 365 g/mol. The monoisotopic (exact) mass is 389 g/mol. The van der Waals surface area contributed by atoms with Gasteiger partial charge in [0.25, 0.3) is 0 Å². The summed E-state index contributed by atoms with van der Waals surface area (Å²) in [5.74, 6) is 0.351. The number of rotatable bonds is 5. The van der Waals surface area contributed by atoms with Gasteiger partial charge < -0.3 is 9.30 Å². The van der Waals surface area contributed by atoms with Gasteiger partial charge in [0.15, 0.2) is 0 Å². The number of hydrogen-bond donors (Lipinski definition) is 0. The topological polar surface area (TPSA) is 39.9 Å². The van der Waals surface area contributed by atoms with Crippen molar-refractivity contribution in [3.05, 3.63) is 46.4 Å². The Hall–Kier alpha value is -1.98. The van der Waals surface area contributed by atoms with Crippen LogP contribution < -0.4 is 0 Å². The highest BCUT2D eigenvalue weighted by Gasteiger charge is 2.22. The lowest BCUT2D eigenvalue weighted by atomic mass is 10.0. The van der Waals surface area contributed by atoms with E-state index < -0.39 is 12.4 Å². The molecular formula is C21H25ClFN3O. The van der Waals surface area contributed by atoms with Crippen molar-refractivity contribution in [3.63, 3.8) is 0 Å². The molecule has 6 heteroatoms. The molecule has 0 bridgehead atoms. The van der Waals surface area contributed by atoms with Gasteiger partial charge in [0.05, 0.1) is 21.7 Å². The van der Waals surface area contributed by atoms with E-state index >= 15 is 0 Å². The average molecular weight is 390 g/mol. The van der Waals surface area contributed by atoms with Crippen LogP contribution in [0.2, 0.25) is 5.02 Å². The Morgan fingerprint density at radius 1 is 1.15 bits per heavy atom. The van der Waals surface area contributed by atoms with Gasteiger partial charge in [-0.2, -0.15) is 0 Å². The van der Waals surface area contributed by atoms with Gasteiger partial charge in [0.2, 0.25) is 6.30 Å². The Labute approximate surface area is 164 Å². The van der Waals surface area contributed by atoms with Gasteiger partial charge in [-0.05, 0) is 50.5 Å². The van der Waals surface area contributed by atoms with Crippen molar-refractivity contribution in [2.45, 2.75) is 52.9 Å². The minimum absolute atomic E-state index is 0.351. The van der Waals surface area contributed by atoms with Crippen LogP contribution in [0.15, 0.2) is 24.4 Å². The van der Waals surface area contributed by atoms with Gasteiger partial charge in [-0.25, -0.2) is 9.37 Å². The van der Waals surface area contributed by atoms with Crippen molar-refractivity contribution in [2.24, 2.45) is 0 Å². The number of nitrogens with zero attached hydrogens (tertiary/aromatic N) is 3. The number of fused-ring (bicyclic) bond motifs is 1. The molecule has 0 aliphatic heterocycles. The first-order chi connectivity index (χ1) is 12.7. The van der Waals surface area contributed by atoms with E-state index in [2.05, 4.69) is 18.8 Å². The number of methoxy groups -OCH3 is 1. The summed E-state index contributed by atoms with van der Waals surface area (Å²) in [7, 11) is 1.50. The molecule has 27 heavy (non-hydrogen) atoms. The van der Waals surface area contributed by atoms with Crippen LogP contribution in [0, 0.1) is 13.8 Å². The molecule has 0 aromatic carbocycles. The Kier molecular flexibility index (Phi) is 5.54. The average Bonchev–Trinajstić information content (AvgIpc) is 2.95. The predicted octanol–water partition coefficient (Wildman–Crippen LogP) is 5.99. The minimum Gasteiger partial charge on any atom is -0.377 e. The van der Waals surface area contributed by atoms with Crippen LogP contribution in [-0.4, -0.2) is 27.7 Å². The summed E-state index contributed by atoms with van der Waals surface area (Å²) in [5.41, 5.74) is 5.74. The molecule has 4 nitrogen and oxygen atoms in total. The third-order valence-electron chi connectivity index (χ3n) is 4.92. The number of aryl methyl sites for hydroxylation is 2. The van der Waals surface area contributed by atoms with Crippen molar-refractivity contribution in [1.82, 2.24) is 14.5 Å². The summed E-state index contributed by atoms with van der Waals surface area (Å²) in [5, 5.41) is 0.473. The first kappa shape index (κ1) is 19.8.